The minimum atomic E-state index is 0.158. The standard InChI is InChI=1S/C25H21ClN2O2/c1-30-24-7-3-5-19(25(24)29)16-27-22-6-2-4-17(14-22)8-12-21-13-10-18-9-11-20(26)15-23(18)28-21/h2-15,27,29H,16H2,1H3/b12-8+. The van der Waals surface area contributed by atoms with E-state index in [1.807, 2.05) is 78.9 Å². The second-order valence-corrected chi connectivity index (χ2v) is 7.29. The average molecular weight is 417 g/mol. The zero-order valence-corrected chi connectivity index (χ0v) is 17.2. The predicted octanol–water partition coefficient (Wildman–Crippen LogP) is 6.38. The first-order chi connectivity index (χ1) is 14.6. The van der Waals surface area contributed by atoms with Crippen LogP contribution in [0.4, 0.5) is 5.69 Å². The predicted molar refractivity (Wildman–Crippen MR) is 124 cm³/mol. The smallest absolute Gasteiger partial charge is 0.162 e. The minimum absolute atomic E-state index is 0.158. The molecule has 0 saturated heterocycles. The maximum atomic E-state index is 10.2. The number of fused-ring (bicyclic) bond motifs is 1. The van der Waals surface area contributed by atoms with Crippen molar-refractivity contribution in [2.45, 2.75) is 6.54 Å². The van der Waals surface area contributed by atoms with Crippen molar-refractivity contribution in [2.75, 3.05) is 12.4 Å². The molecule has 1 heterocycles. The largest absolute Gasteiger partial charge is 0.504 e. The first-order valence-electron chi connectivity index (χ1n) is 9.55. The molecule has 150 valence electrons. The molecule has 0 amide bonds. The van der Waals surface area contributed by atoms with Gasteiger partial charge in [-0.15, -0.1) is 0 Å². The second-order valence-electron chi connectivity index (χ2n) is 6.85. The van der Waals surface area contributed by atoms with Gasteiger partial charge in [-0.1, -0.05) is 54.1 Å². The number of nitrogens with zero attached hydrogens (tertiary/aromatic N) is 1. The summed E-state index contributed by atoms with van der Waals surface area (Å²) in [4.78, 5) is 4.65. The van der Waals surface area contributed by atoms with E-state index in [1.165, 1.54) is 0 Å². The van der Waals surface area contributed by atoms with Gasteiger partial charge in [0, 0.05) is 28.2 Å². The number of pyridine rings is 1. The number of phenolic OH excluding ortho intramolecular Hbond substituents is 1. The summed E-state index contributed by atoms with van der Waals surface area (Å²) in [7, 11) is 1.54. The van der Waals surface area contributed by atoms with Gasteiger partial charge in [0.1, 0.15) is 0 Å². The summed E-state index contributed by atoms with van der Waals surface area (Å²) >= 11 is 6.07. The van der Waals surface area contributed by atoms with Crippen LogP contribution in [0.15, 0.2) is 72.8 Å². The molecule has 4 rings (SSSR count). The lowest BCUT2D eigenvalue weighted by atomic mass is 10.1. The number of methoxy groups -OCH3 is 1. The van der Waals surface area contributed by atoms with Crippen molar-refractivity contribution in [3.8, 4) is 11.5 Å². The third-order valence-corrected chi connectivity index (χ3v) is 5.03. The summed E-state index contributed by atoms with van der Waals surface area (Å²) in [5, 5.41) is 15.3. The number of nitrogens with one attached hydrogen (secondary N) is 1. The Morgan fingerprint density at radius 1 is 1.00 bits per heavy atom. The number of ether oxygens (including phenoxy) is 1. The van der Waals surface area contributed by atoms with Crippen LogP contribution in [-0.4, -0.2) is 17.2 Å². The van der Waals surface area contributed by atoms with Gasteiger partial charge in [0.05, 0.1) is 18.3 Å². The van der Waals surface area contributed by atoms with E-state index in [9.17, 15) is 5.11 Å². The molecule has 4 nitrogen and oxygen atoms in total. The number of hydrogen-bond donors (Lipinski definition) is 2. The fraction of sp³-hybridized carbons (Fsp3) is 0.0800. The Kier molecular flexibility index (Phi) is 5.87. The Labute approximate surface area is 180 Å². The van der Waals surface area contributed by atoms with Crippen molar-refractivity contribution < 1.29 is 9.84 Å². The van der Waals surface area contributed by atoms with Crippen molar-refractivity contribution in [3.63, 3.8) is 0 Å². The number of anilines is 1. The minimum Gasteiger partial charge on any atom is -0.504 e. The molecular weight excluding hydrogens is 396 g/mol. The molecule has 0 spiro atoms. The molecule has 0 aliphatic rings. The number of para-hydroxylation sites is 1. The van der Waals surface area contributed by atoms with Crippen LogP contribution in [0.1, 0.15) is 16.8 Å². The Balaban J connectivity index is 1.48. The van der Waals surface area contributed by atoms with E-state index in [4.69, 9.17) is 16.3 Å². The van der Waals surface area contributed by atoms with Crippen LogP contribution in [0.2, 0.25) is 5.02 Å². The molecule has 1 aromatic heterocycles. The van der Waals surface area contributed by atoms with Crippen LogP contribution in [0.25, 0.3) is 23.1 Å². The number of hydrogen-bond acceptors (Lipinski definition) is 4. The van der Waals surface area contributed by atoms with Gasteiger partial charge in [-0.05, 0) is 48.0 Å². The number of benzene rings is 3. The quantitative estimate of drug-likeness (QED) is 0.382. The summed E-state index contributed by atoms with van der Waals surface area (Å²) < 4.78 is 5.16. The number of aromatic hydroxyl groups is 1. The van der Waals surface area contributed by atoms with E-state index in [0.717, 1.165) is 33.4 Å². The number of rotatable bonds is 6. The topological polar surface area (TPSA) is 54.4 Å². The number of aromatic nitrogens is 1. The van der Waals surface area contributed by atoms with E-state index in [0.29, 0.717) is 17.3 Å². The van der Waals surface area contributed by atoms with Crippen LogP contribution in [0.3, 0.4) is 0 Å². The number of halogens is 1. The maximum absolute atomic E-state index is 10.2. The highest BCUT2D eigenvalue weighted by Crippen LogP contribution is 2.30. The first-order valence-corrected chi connectivity index (χ1v) is 9.93. The fourth-order valence-corrected chi connectivity index (χ4v) is 3.37. The zero-order chi connectivity index (χ0) is 20.9. The van der Waals surface area contributed by atoms with E-state index in [-0.39, 0.29) is 5.75 Å². The summed E-state index contributed by atoms with van der Waals surface area (Å²) in [5.41, 5.74) is 4.51. The molecule has 0 fully saturated rings. The Morgan fingerprint density at radius 3 is 2.70 bits per heavy atom. The monoisotopic (exact) mass is 416 g/mol. The summed E-state index contributed by atoms with van der Waals surface area (Å²) in [6, 6.07) is 23.2. The highest BCUT2D eigenvalue weighted by Gasteiger charge is 2.07. The van der Waals surface area contributed by atoms with Crippen molar-refractivity contribution in [3.05, 3.63) is 94.6 Å². The van der Waals surface area contributed by atoms with E-state index < -0.39 is 0 Å². The second kappa shape index (κ2) is 8.89. The van der Waals surface area contributed by atoms with E-state index >= 15 is 0 Å². The molecular formula is C25H21ClN2O2. The van der Waals surface area contributed by atoms with Gasteiger partial charge in [-0.2, -0.15) is 0 Å². The van der Waals surface area contributed by atoms with Crippen LogP contribution < -0.4 is 10.1 Å². The lowest BCUT2D eigenvalue weighted by molar-refractivity contribution is 0.371. The van der Waals surface area contributed by atoms with Crippen LogP contribution >= 0.6 is 11.6 Å². The highest BCUT2D eigenvalue weighted by atomic mass is 35.5. The lowest BCUT2D eigenvalue weighted by Gasteiger charge is -2.11. The number of phenols is 1. The Bertz CT molecular complexity index is 1220. The van der Waals surface area contributed by atoms with Crippen LogP contribution in [-0.2, 0) is 6.54 Å². The van der Waals surface area contributed by atoms with Crippen molar-refractivity contribution in [2.24, 2.45) is 0 Å². The summed E-state index contributed by atoms with van der Waals surface area (Å²) in [5.74, 6) is 0.626. The van der Waals surface area contributed by atoms with Gasteiger partial charge in [-0.3, -0.25) is 0 Å². The summed E-state index contributed by atoms with van der Waals surface area (Å²) in [6.45, 7) is 0.489. The third kappa shape index (κ3) is 4.56. The molecule has 0 atom stereocenters. The highest BCUT2D eigenvalue weighted by molar-refractivity contribution is 6.31. The molecule has 0 radical (unpaired) electrons. The Morgan fingerprint density at radius 2 is 1.83 bits per heavy atom. The third-order valence-electron chi connectivity index (χ3n) is 4.79. The van der Waals surface area contributed by atoms with Gasteiger partial charge in [-0.25, -0.2) is 4.98 Å². The molecule has 5 heteroatoms. The van der Waals surface area contributed by atoms with Gasteiger partial charge < -0.3 is 15.2 Å². The van der Waals surface area contributed by atoms with Crippen molar-refractivity contribution in [1.82, 2.24) is 4.98 Å². The van der Waals surface area contributed by atoms with Gasteiger partial charge in [0.25, 0.3) is 0 Å². The van der Waals surface area contributed by atoms with Crippen LogP contribution in [0.5, 0.6) is 11.5 Å². The van der Waals surface area contributed by atoms with Gasteiger partial charge in [0.2, 0.25) is 0 Å². The molecule has 30 heavy (non-hydrogen) atoms. The summed E-state index contributed by atoms with van der Waals surface area (Å²) in [6.07, 6.45) is 4.00. The Hall–Kier alpha value is -3.50. The van der Waals surface area contributed by atoms with Crippen molar-refractivity contribution >= 4 is 40.3 Å². The average Bonchev–Trinajstić information content (AvgIpc) is 2.77. The van der Waals surface area contributed by atoms with E-state index in [2.05, 4.69) is 10.3 Å². The molecule has 0 unspecified atom stereocenters. The molecule has 0 saturated carbocycles. The normalized spacial score (nSPS) is 11.1. The first kappa shape index (κ1) is 19.8. The van der Waals surface area contributed by atoms with Crippen molar-refractivity contribution in [1.29, 1.82) is 0 Å². The maximum Gasteiger partial charge on any atom is 0.162 e. The SMILES string of the molecule is COc1cccc(CNc2cccc(/C=C/c3ccc4ccc(Cl)cc4n3)c2)c1O. The molecule has 0 aliphatic heterocycles. The lowest BCUT2D eigenvalue weighted by Crippen LogP contribution is -2.00. The molecule has 4 aromatic rings. The molecule has 0 bridgehead atoms. The molecule has 3 aromatic carbocycles. The molecule has 2 N–H and O–H groups in total. The van der Waals surface area contributed by atoms with E-state index in [1.54, 1.807) is 13.2 Å². The van der Waals surface area contributed by atoms with Gasteiger partial charge in [0.15, 0.2) is 11.5 Å². The molecule has 0 aliphatic carbocycles. The van der Waals surface area contributed by atoms with Crippen LogP contribution in [0, 0.1) is 0 Å². The fourth-order valence-electron chi connectivity index (χ4n) is 3.21. The zero-order valence-electron chi connectivity index (χ0n) is 16.5. The van der Waals surface area contributed by atoms with Gasteiger partial charge >= 0.3 is 0 Å².